The molecule has 0 aliphatic heterocycles. The second kappa shape index (κ2) is 5.69. The number of aromatic amines is 2. The van der Waals surface area contributed by atoms with E-state index in [1.54, 1.807) is 0 Å². The first kappa shape index (κ1) is 13.3. The highest BCUT2D eigenvalue weighted by atomic mass is 16.1. The van der Waals surface area contributed by atoms with Crippen LogP contribution in [-0.2, 0) is 6.42 Å². The van der Waals surface area contributed by atoms with Crippen LogP contribution in [0.25, 0.3) is 0 Å². The summed E-state index contributed by atoms with van der Waals surface area (Å²) in [5, 5.41) is 16.6. The van der Waals surface area contributed by atoms with Crippen LogP contribution in [-0.4, -0.2) is 32.8 Å². The number of rotatable bonds is 5. The van der Waals surface area contributed by atoms with Crippen LogP contribution in [0.5, 0.6) is 0 Å². The van der Waals surface area contributed by atoms with Crippen molar-refractivity contribution in [2.24, 2.45) is 0 Å². The Morgan fingerprint density at radius 3 is 2.63 bits per heavy atom. The van der Waals surface area contributed by atoms with Crippen LogP contribution in [0.3, 0.4) is 0 Å². The first-order chi connectivity index (χ1) is 9.09. The summed E-state index contributed by atoms with van der Waals surface area (Å²) < 4.78 is 0. The number of nitrogens with zero attached hydrogens (tertiary/aromatic N) is 2. The van der Waals surface area contributed by atoms with Crippen molar-refractivity contribution in [1.29, 1.82) is 0 Å². The standard InChI is InChI=1S/C13H19N5O/c1-8-11(7-15-16-8)5-4-6-14-13(19)12-9(2)17-18-10(12)3/h7H,4-6H2,1-3H3,(H,14,19)(H,15,16)(H,17,18). The van der Waals surface area contributed by atoms with Gasteiger partial charge in [0.05, 0.1) is 17.5 Å². The SMILES string of the molecule is Cc1n[nH]c(C)c1C(=O)NCCCc1cn[nH]c1C. The fourth-order valence-electron chi connectivity index (χ4n) is 2.08. The molecule has 0 atom stereocenters. The van der Waals surface area contributed by atoms with E-state index in [9.17, 15) is 4.79 Å². The third kappa shape index (κ3) is 3.01. The molecule has 0 aliphatic rings. The molecule has 2 aromatic rings. The summed E-state index contributed by atoms with van der Waals surface area (Å²) in [5.41, 5.74) is 4.48. The van der Waals surface area contributed by atoms with Gasteiger partial charge in [0.1, 0.15) is 0 Å². The second-order valence-electron chi connectivity index (χ2n) is 4.69. The van der Waals surface area contributed by atoms with Crippen LogP contribution in [0.1, 0.15) is 39.4 Å². The number of H-pyrrole nitrogens is 2. The molecule has 6 heteroatoms. The van der Waals surface area contributed by atoms with Gasteiger partial charge in [0.25, 0.3) is 5.91 Å². The van der Waals surface area contributed by atoms with E-state index < -0.39 is 0 Å². The molecular weight excluding hydrogens is 242 g/mol. The third-order valence-electron chi connectivity index (χ3n) is 3.20. The number of amides is 1. The lowest BCUT2D eigenvalue weighted by Crippen LogP contribution is -2.25. The van der Waals surface area contributed by atoms with Crippen molar-refractivity contribution < 1.29 is 4.79 Å². The van der Waals surface area contributed by atoms with Gasteiger partial charge in [-0.3, -0.25) is 15.0 Å². The summed E-state index contributed by atoms with van der Waals surface area (Å²) in [6, 6.07) is 0. The average molecular weight is 261 g/mol. The van der Waals surface area contributed by atoms with Gasteiger partial charge < -0.3 is 5.32 Å². The quantitative estimate of drug-likeness (QED) is 0.711. The largest absolute Gasteiger partial charge is 0.352 e. The fourth-order valence-corrected chi connectivity index (χ4v) is 2.08. The van der Waals surface area contributed by atoms with Gasteiger partial charge in [0.2, 0.25) is 0 Å². The first-order valence-corrected chi connectivity index (χ1v) is 6.38. The van der Waals surface area contributed by atoms with Gasteiger partial charge in [0, 0.05) is 17.9 Å². The molecule has 0 bridgehead atoms. The molecular formula is C13H19N5O. The van der Waals surface area contributed by atoms with Gasteiger partial charge in [-0.1, -0.05) is 0 Å². The van der Waals surface area contributed by atoms with Crippen LogP contribution in [0.15, 0.2) is 6.20 Å². The van der Waals surface area contributed by atoms with E-state index in [1.165, 1.54) is 5.56 Å². The van der Waals surface area contributed by atoms with Crippen LogP contribution in [0, 0.1) is 20.8 Å². The molecule has 102 valence electrons. The molecule has 6 nitrogen and oxygen atoms in total. The molecule has 19 heavy (non-hydrogen) atoms. The number of aromatic nitrogens is 4. The van der Waals surface area contributed by atoms with Crippen molar-refractivity contribution >= 4 is 5.91 Å². The maximum atomic E-state index is 12.0. The average Bonchev–Trinajstić information content (AvgIpc) is 2.92. The Morgan fingerprint density at radius 1 is 1.26 bits per heavy atom. The lowest BCUT2D eigenvalue weighted by atomic mass is 10.1. The summed E-state index contributed by atoms with van der Waals surface area (Å²) in [4.78, 5) is 12.0. The zero-order valence-corrected chi connectivity index (χ0v) is 11.5. The first-order valence-electron chi connectivity index (χ1n) is 6.38. The number of hydrogen-bond donors (Lipinski definition) is 3. The van der Waals surface area contributed by atoms with Crippen molar-refractivity contribution in [2.45, 2.75) is 33.6 Å². The summed E-state index contributed by atoms with van der Waals surface area (Å²) in [6.45, 7) is 6.32. The van der Waals surface area contributed by atoms with Gasteiger partial charge in [-0.05, 0) is 39.2 Å². The Hall–Kier alpha value is -2.11. The predicted molar refractivity (Wildman–Crippen MR) is 72.0 cm³/mol. The zero-order chi connectivity index (χ0) is 13.8. The molecule has 0 fully saturated rings. The van der Waals surface area contributed by atoms with Crippen molar-refractivity contribution in [2.75, 3.05) is 6.54 Å². The van der Waals surface area contributed by atoms with E-state index in [1.807, 2.05) is 27.0 Å². The van der Waals surface area contributed by atoms with Crippen molar-refractivity contribution in [3.63, 3.8) is 0 Å². The van der Waals surface area contributed by atoms with Gasteiger partial charge in [-0.2, -0.15) is 10.2 Å². The van der Waals surface area contributed by atoms with E-state index >= 15 is 0 Å². The summed E-state index contributed by atoms with van der Waals surface area (Å²) >= 11 is 0. The number of hydrogen-bond acceptors (Lipinski definition) is 3. The molecule has 3 N–H and O–H groups in total. The minimum Gasteiger partial charge on any atom is -0.352 e. The van der Waals surface area contributed by atoms with Gasteiger partial charge in [0.15, 0.2) is 0 Å². The minimum atomic E-state index is -0.0623. The molecule has 0 aliphatic carbocycles. The normalized spacial score (nSPS) is 10.7. The van der Waals surface area contributed by atoms with Crippen molar-refractivity contribution in [3.05, 3.63) is 34.4 Å². The van der Waals surface area contributed by atoms with Crippen LogP contribution < -0.4 is 5.32 Å². The highest BCUT2D eigenvalue weighted by Gasteiger charge is 2.14. The maximum absolute atomic E-state index is 12.0. The number of nitrogens with one attached hydrogen (secondary N) is 3. The topological polar surface area (TPSA) is 86.5 Å². The van der Waals surface area contributed by atoms with Crippen LogP contribution >= 0.6 is 0 Å². The van der Waals surface area contributed by atoms with E-state index in [4.69, 9.17) is 0 Å². The molecule has 2 rings (SSSR count). The fraction of sp³-hybridized carbons (Fsp3) is 0.462. The van der Waals surface area contributed by atoms with Crippen molar-refractivity contribution in [1.82, 2.24) is 25.7 Å². The molecule has 0 unspecified atom stereocenters. The van der Waals surface area contributed by atoms with E-state index in [0.717, 1.165) is 29.9 Å². The lowest BCUT2D eigenvalue weighted by Gasteiger charge is -2.05. The molecule has 2 aromatic heterocycles. The van der Waals surface area contributed by atoms with Gasteiger partial charge >= 0.3 is 0 Å². The van der Waals surface area contributed by atoms with E-state index in [2.05, 4.69) is 25.7 Å². The Balaban J connectivity index is 1.80. The molecule has 2 heterocycles. The van der Waals surface area contributed by atoms with Crippen LogP contribution in [0.2, 0.25) is 0 Å². The highest BCUT2D eigenvalue weighted by molar-refractivity contribution is 5.96. The van der Waals surface area contributed by atoms with Crippen molar-refractivity contribution in [3.8, 4) is 0 Å². The van der Waals surface area contributed by atoms with E-state index in [-0.39, 0.29) is 5.91 Å². The molecule has 0 saturated heterocycles. The monoisotopic (exact) mass is 261 g/mol. The third-order valence-corrected chi connectivity index (χ3v) is 3.20. The smallest absolute Gasteiger partial charge is 0.255 e. The second-order valence-corrected chi connectivity index (χ2v) is 4.69. The lowest BCUT2D eigenvalue weighted by molar-refractivity contribution is 0.0952. The molecule has 0 radical (unpaired) electrons. The minimum absolute atomic E-state index is 0.0623. The molecule has 0 aromatic carbocycles. The van der Waals surface area contributed by atoms with E-state index in [0.29, 0.717) is 12.1 Å². The molecule has 0 saturated carbocycles. The zero-order valence-electron chi connectivity index (χ0n) is 11.5. The van der Waals surface area contributed by atoms with Gasteiger partial charge in [-0.25, -0.2) is 0 Å². The number of carbonyl (C=O) groups excluding carboxylic acids is 1. The van der Waals surface area contributed by atoms with Crippen LogP contribution in [0.4, 0.5) is 0 Å². The molecule has 0 spiro atoms. The van der Waals surface area contributed by atoms with Gasteiger partial charge in [-0.15, -0.1) is 0 Å². The Kier molecular flexibility index (Phi) is 3.99. The number of carbonyl (C=O) groups is 1. The summed E-state index contributed by atoms with van der Waals surface area (Å²) in [7, 11) is 0. The predicted octanol–water partition coefficient (Wildman–Crippen LogP) is 1.42. The Bertz CT molecular complexity index is 550. The Labute approximate surface area is 112 Å². The summed E-state index contributed by atoms with van der Waals surface area (Å²) in [5.74, 6) is -0.0623. The maximum Gasteiger partial charge on any atom is 0.255 e. The highest BCUT2D eigenvalue weighted by Crippen LogP contribution is 2.09. The Morgan fingerprint density at radius 2 is 2.05 bits per heavy atom. The summed E-state index contributed by atoms with van der Waals surface area (Å²) in [6.07, 6.45) is 3.63. The number of aryl methyl sites for hydroxylation is 4. The molecule has 1 amide bonds.